The minimum absolute atomic E-state index is 0.0527. The number of hydrogen-bond donors (Lipinski definition) is 1. The Kier molecular flexibility index (Phi) is 4.95. The van der Waals surface area contributed by atoms with Gasteiger partial charge in [-0.05, 0) is 51.0 Å². The van der Waals surface area contributed by atoms with Crippen molar-refractivity contribution in [3.8, 4) is 0 Å². The maximum absolute atomic E-state index is 13.0. The molecule has 2 saturated heterocycles. The summed E-state index contributed by atoms with van der Waals surface area (Å²) in [6, 6.07) is -0.0527. The number of aromatic nitrogens is 4. The number of aryl methyl sites for hydroxylation is 3. The lowest BCUT2D eigenvalue weighted by Gasteiger charge is -2.33. The molecule has 28 heavy (non-hydrogen) atoms. The van der Waals surface area contributed by atoms with Crippen LogP contribution in [0.15, 0.2) is 12.4 Å². The Balaban J connectivity index is 1.41. The molecule has 2 aromatic rings. The third kappa shape index (κ3) is 3.31. The van der Waals surface area contributed by atoms with Gasteiger partial charge in [-0.1, -0.05) is 0 Å². The van der Waals surface area contributed by atoms with Gasteiger partial charge >= 0.3 is 11.8 Å². The van der Waals surface area contributed by atoms with Crippen LogP contribution in [0, 0.1) is 13.8 Å². The number of rotatable bonds is 2. The van der Waals surface area contributed by atoms with Crippen LogP contribution in [0.4, 0.5) is 0 Å². The zero-order valence-corrected chi connectivity index (χ0v) is 16.8. The largest absolute Gasteiger partial charge is 0.334 e. The van der Waals surface area contributed by atoms with Gasteiger partial charge in [0, 0.05) is 44.1 Å². The van der Waals surface area contributed by atoms with E-state index in [1.54, 1.807) is 9.80 Å². The Hall–Kier alpha value is -2.64. The van der Waals surface area contributed by atoms with Gasteiger partial charge in [0.25, 0.3) is 0 Å². The Morgan fingerprint density at radius 2 is 1.86 bits per heavy atom. The van der Waals surface area contributed by atoms with E-state index in [4.69, 9.17) is 0 Å². The highest BCUT2D eigenvalue weighted by Gasteiger charge is 2.38. The van der Waals surface area contributed by atoms with Gasteiger partial charge in [-0.25, -0.2) is 0 Å². The summed E-state index contributed by atoms with van der Waals surface area (Å²) in [6.45, 7) is 5.79. The van der Waals surface area contributed by atoms with E-state index in [-0.39, 0.29) is 17.9 Å². The van der Waals surface area contributed by atoms with Crippen molar-refractivity contribution in [3.63, 3.8) is 0 Å². The Labute approximate surface area is 164 Å². The number of H-pyrrole nitrogens is 1. The number of aromatic amines is 1. The van der Waals surface area contributed by atoms with Gasteiger partial charge < -0.3 is 9.80 Å². The summed E-state index contributed by atoms with van der Waals surface area (Å²) in [4.78, 5) is 29.4. The van der Waals surface area contributed by atoms with Gasteiger partial charge in [-0.2, -0.15) is 10.2 Å². The number of piperidine rings is 1. The maximum Gasteiger partial charge on any atom is 0.312 e. The third-order valence-electron chi connectivity index (χ3n) is 6.19. The van der Waals surface area contributed by atoms with Crippen molar-refractivity contribution in [3.05, 3.63) is 34.9 Å². The highest BCUT2D eigenvalue weighted by molar-refractivity contribution is 6.35. The Morgan fingerprint density at radius 3 is 2.46 bits per heavy atom. The van der Waals surface area contributed by atoms with Crippen LogP contribution in [0.1, 0.15) is 60.2 Å². The summed E-state index contributed by atoms with van der Waals surface area (Å²) >= 11 is 0. The summed E-state index contributed by atoms with van der Waals surface area (Å²) in [7, 11) is 1.91. The van der Waals surface area contributed by atoms with E-state index in [1.807, 2.05) is 38.0 Å². The van der Waals surface area contributed by atoms with E-state index in [1.165, 1.54) is 5.56 Å². The molecule has 2 fully saturated rings. The van der Waals surface area contributed by atoms with E-state index >= 15 is 0 Å². The molecule has 1 unspecified atom stereocenters. The number of carbonyl (C=O) groups is 2. The van der Waals surface area contributed by atoms with Gasteiger partial charge in [0.2, 0.25) is 0 Å². The SMILES string of the molecule is Cc1n[nH]c(C)c1C1CCCN1C(=O)C(=O)N1CCC(c2cnn(C)c2)CC1. The van der Waals surface area contributed by atoms with Crippen LogP contribution in [0.5, 0.6) is 0 Å². The van der Waals surface area contributed by atoms with Crippen LogP contribution in [0.3, 0.4) is 0 Å². The van der Waals surface area contributed by atoms with E-state index < -0.39 is 0 Å². The standard InChI is InChI=1S/C20H28N6O2/c1-13-18(14(2)23-22-13)17-5-4-8-26(17)20(28)19(27)25-9-6-15(7-10-25)16-11-21-24(3)12-16/h11-12,15,17H,4-10H2,1-3H3,(H,22,23). The predicted molar refractivity (Wildman–Crippen MR) is 104 cm³/mol. The minimum Gasteiger partial charge on any atom is -0.334 e. The van der Waals surface area contributed by atoms with Crippen LogP contribution < -0.4 is 0 Å². The van der Waals surface area contributed by atoms with E-state index in [0.717, 1.165) is 42.6 Å². The molecule has 8 nitrogen and oxygen atoms in total. The first-order valence-electron chi connectivity index (χ1n) is 10.1. The van der Waals surface area contributed by atoms with Crippen molar-refractivity contribution in [1.82, 2.24) is 29.8 Å². The number of likely N-dealkylation sites (tertiary alicyclic amines) is 2. The number of hydrogen-bond acceptors (Lipinski definition) is 4. The van der Waals surface area contributed by atoms with Crippen molar-refractivity contribution in [2.75, 3.05) is 19.6 Å². The predicted octanol–water partition coefficient (Wildman–Crippen LogP) is 1.83. The normalized spacial score (nSPS) is 20.8. The minimum atomic E-state index is -0.373. The van der Waals surface area contributed by atoms with Gasteiger partial charge in [-0.3, -0.25) is 19.4 Å². The molecule has 0 spiro atoms. The molecule has 150 valence electrons. The fourth-order valence-electron chi connectivity index (χ4n) is 4.69. The summed E-state index contributed by atoms with van der Waals surface area (Å²) in [5.74, 6) is -0.332. The first-order chi connectivity index (χ1) is 13.5. The summed E-state index contributed by atoms with van der Waals surface area (Å²) in [5, 5.41) is 11.5. The third-order valence-corrected chi connectivity index (χ3v) is 6.19. The quantitative estimate of drug-likeness (QED) is 0.801. The molecule has 2 aliphatic rings. The van der Waals surface area contributed by atoms with Crippen LogP contribution in [0.25, 0.3) is 0 Å². The number of carbonyl (C=O) groups excluding carboxylic acids is 2. The van der Waals surface area contributed by atoms with Gasteiger partial charge in [-0.15, -0.1) is 0 Å². The van der Waals surface area contributed by atoms with E-state index in [0.29, 0.717) is 25.6 Å². The second kappa shape index (κ2) is 7.41. The van der Waals surface area contributed by atoms with Crippen molar-refractivity contribution in [2.45, 2.75) is 51.5 Å². The molecule has 0 radical (unpaired) electrons. The maximum atomic E-state index is 13.0. The molecule has 2 aromatic heterocycles. The first kappa shape index (κ1) is 18.7. The van der Waals surface area contributed by atoms with Gasteiger partial charge in [0.05, 0.1) is 17.9 Å². The zero-order chi connectivity index (χ0) is 19.8. The monoisotopic (exact) mass is 384 g/mol. The number of amides is 2. The van der Waals surface area contributed by atoms with Crippen molar-refractivity contribution in [2.24, 2.45) is 7.05 Å². The molecule has 1 atom stereocenters. The summed E-state index contributed by atoms with van der Waals surface area (Å²) in [5.41, 5.74) is 4.17. The van der Waals surface area contributed by atoms with Crippen LogP contribution in [-0.2, 0) is 16.6 Å². The molecule has 1 N–H and O–H groups in total. The molecule has 0 saturated carbocycles. The summed E-state index contributed by atoms with van der Waals surface area (Å²) < 4.78 is 1.81. The second-order valence-corrected chi connectivity index (χ2v) is 8.02. The molecule has 4 rings (SSSR count). The smallest absolute Gasteiger partial charge is 0.312 e. The molecule has 0 aromatic carbocycles. The van der Waals surface area contributed by atoms with Gasteiger partial charge in [0.1, 0.15) is 0 Å². The molecule has 8 heteroatoms. The summed E-state index contributed by atoms with van der Waals surface area (Å²) in [6.07, 6.45) is 7.47. The van der Waals surface area contributed by atoms with Gasteiger partial charge in [0.15, 0.2) is 0 Å². The van der Waals surface area contributed by atoms with Crippen molar-refractivity contribution in [1.29, 1.82) is 0 Å². The highest BCUT2D eigenvalue weighted by Crippen LogP contribution is 2.35. The van der Waals surface area contributed by atoms with Crippen LogP contribution >= 0.6 is 0 Å². The Morgan fingerprint density at radius 1 is 1.11 bits per heavy atom. The fraction of sp³-hybridized carbons (Fsp3) is 0.600. The van der Waals surface area contributed by atoms with E-state index in [9.17, 15) is 9.59 Å². The average molecular weight is 384 g/mol. The average Bonchev–Trinajstić information content (AvgIpc) is 3.41. The second-order valence-electron chi connectivity index (χ2n) is 8.02. The first-order valence-corrected chi connectivity index (χ1v) is 10.1. The van der Waals surface area contributed by atoms with Crippen molar-refractivity contribution >= 4 is 11.8 Å². The van der Waals surface area contributed by atoms with Crippen LogP contribution in [-0.4, -0.2) is 61.2 Å². The zero-order valence-electron chi connectivity index (χ0n) is 16.8. The highest BCUT2D eigenvalue weighted by atomic mass is 16.2. The Bertz CT molecular complexity index is 858. The number of nitrogens with zero attached hydrogens (tertiary/aromatic N) is 5. The lowest BCUT2D eigenvalue weighted by atomic mass is 9.91. The lowest BCUT2D eigenvalue weighted by Crippen LogP contribution is -2.47. The topological polar surface area (TPSA) is 87.1 Å². The molecular weight excluding hydrogens is 356 g/mol. The van der Waals surface area contributed by atoms with Crippen molar-refractivity contribution < 1.29 is 9.59 Å². The molecule has 0 bridgehead atoms. The molecule has 4 heterocycles. The molecule has 2 amide bonds. The molecule has 0 aliphatic carbocycles. The fourth-order valence-corrected chi connectivity index (χ4v) is 4.69. The number of nitrogens with one attached hydrogen (secondary N) is 1. The van der Waals surface area contributed by atoms with E-state index in [2.05, 4.69) is 15.3 Å². The lowest BCUT2D eigenvalue weighted by molar-refractivity contribution is -0.153. The van der Waals surface area contributed by atoms with Crippen LogP contribution in [0.2, 0.25) is 0 Å². The molecular formula is C20H28N6O2. The molecule has 2 aliphatic heterocycles.